The van der Waals surface area contributed by atoms with Crippen molar-refractivity contribution in [1.29, 1.82) is 0 Å². The lowest BCUT2D eigenvalue weighted by molar-refractivity contribution is -0.124. The van der Waals surface area contributed by atoms with E-state index in [1.807, 2.05) is 0 Å². The first-order chi connectivity index (χ1) is 22.2. The van der Waals surface area contributed by atoms with E-state index < -0.39 is 18.4 Å². The van der Waals surface area contributed by atoms with Crippen LogP contribution < -0.4 is 25.0 Å². The number of amides is 4. The van der Waals surface area contributed by atoms with Gasteiger partial charge in [-0.2, -0.15) is 10.2 Å². The van der Waals surface area contributed by atoms with E-state index in [1.165, 1.54) is 51.5 Å². The highest BCUT2D eigenvalue weighted by atomic mass is 35.5. The Morgan fingerprint density at radius 2 is 1.33 bits per heavy atom. The number of carbonyl (C=O) groups excluding carboxylic acids is 4. The van der Waals surface area contributed by atoms with E-state index in [9.17, 15) is 19.2 Å². The smallest absolute Gasteiger partial charge is 0.257 e. The van der Waals surface area contributed by atoms with Crippen molar-refractivity contribution in [3.63, 3.8) is 0 Å². The average molecular weight is 656 g/mol. The molecule has 2 aromatic carbocycles. The van der Waals surface area contributed by atoms with Gasteiger partial charge in [-0.25, -0.2) is 4.90 Å². The molecule has 2 fully saturated rings. The number of benzene rings is 2. The third-order valence-corrected chi connectivity index (χ3v) is 8.21. The van der Waals surface area contributed by atoms with Gasteiger partial charge in [0.1, 0.15) is 18.0 Å². The van der Waals surface area contributed by atoms with E-state index in [2.05, 4.69) is 30.7 Å². The number of nitrogens with one attached hydrogen (secondary N) is 2. The lowest BCUT2D eigenvalue weighted by atomic mass is 10.1. The number of hydrogen-bond acceptors (Lipinski definition) is 10. The molecule has 2 aromatic rings. The molecule has 46 heavy (non-hydrogen) atoms. The van der Waals surface area contributed by atoms with Crippen LogP contribution in [0.2, 0.25) is 5.02 Å². The van der Waals surface area contributed by atoms with Crippen LogP contribution in [0.3, 0.4) is 0 Å². The highest BCUT2D eigenvalue weighted by molar-refractivity contribution is 6.32. The van der Waals surface area contributed by atoms with Gasteiger partial charge in [-0.3, -0.25) is 19.2 Å². The molecule has 4 amide bonds. The Balaban J connectivity index is 1.50. The molecule has 2 N–H and O–H groups in total. The molecule has 2 aliphatic rings. The quantitative estimate of drug-likeness (QED) is 0.293. The number of azo groups is 1. The molecule has 0 aromatic heterocycles. The number of anilines is 1. The van der Waals surface area contributed by atoms with E-state index in [0.29, 0.717) is 13.1 Å². The van der Waals surface area contributed by atoms with Gasteiger partial charge >= 0.3 is 0 Å². The van der Waals surface area contributed by atoms with Gasteiger partial charge in [-0.05, 0) is 70.1 Å². The molecule has 2 aliphatic heterocycles. The van der Waals surface area contributed by atoms with Crippen LogP contribution in [0, 0.1) is 0 Å². The fraction of sp³-hybridized carbons (Fsp3) is 0.500. The second-order valence-corrected chi connectivity index (χ2v) is 11.6. The largest absolute Gasteiger partial charge is 0.495 e. The summed E-state index contributed by atoms with van der Waals surface area (Å²) >= 11 is 6.19. The summed E-state index contributed by atoms with van der Waals surface area (Å²) in [4.78, 5) is 57.5. The summed E-state index contributed by atoms with van der Waals surface area (Å²) in [6.45, 7) is 7.23. The average Bonchev–Trinajstić information content (AvgIpc) is 3.76. The maximum atomic E-state index is 13.2. The number of likely N-dealkylation sites (tertiary alicyclic amines) is 2. The first-order valence-electron chi connectivity index (χ1n) is 15.5. The molecule has 4 rings (SSSR count). The number of ether oxygens (including phenoxy) is 2. The number of methoxy groups -OCH3 is 2. The Labute approximate surface area is 274 Å². The maximum absolute atomic E-state index is 13.2. The Bertz CT molecular complexity index is 1390. The number of hydrogen-bond donors (Lipinski definition) is 2. The number of rotatable bonds is 14. The van der Waals surface area contributed by atoms with Gasteiger partial charge in [0.05, 0.1) is 30.6 Å². The lowest BCUT2D eigenvalue weighted by Crippen LogP contribution is -2.37. The molecule has 0 atom stereocenters. The molecule has 2 saturated heterocycles. The second-order valence-electron chi connectivity index (χ2n) is 11.2. The predicted molar refractivity (Wildman–Crippen MR) is 175 cm³/mol. The summed E-state index contributed by atoms with van der Waals surface area (Å²) in [7, 11) is 2.80. The second kappa shape index (κ2) is 17.0. The van der Waals surface area contributed by atoms with E-state index in [4.69, 9.17) is 21.1 Å². The SMILES string of the molecule is COc1cc(N(C(C)=O)C(=O)CN=Nc2cc(C(=O)NCCN3CCCC3)cc(C(=O)NCCN3CCCC3)c2)c(OC)cc1Cl. The van der Waals surface area contributed by atoms with Gasteiger partial charge in [0.15, 0.2) is 0 Å². The fourth-order valence-electron chi connectivity index (χ4n) is 5.55. The van der Waals surface area contributed by atoms with Crippen LogP contribution in [-0.4, -0.2) is 107 Å². The molecule has 13 nitrogen and oxygen atoms in total. The van der Waals surface area contributed by atoms with E-state index >= 15 is 0 Å². The van der Waals surface area contributed by atoms with Gasteiger partial charge < -0.3 is 29.9 Å². The Kier molecular flexibility index (Phi) is 12.9. The summed E-state index contributed by atoms with van der Waals surface area (Å²) in [5.41, 5.74) is 0.844. The normalized spacial score (nSPS) is 15.2. The van der Waals surface area contributed by atoms with E-state index in [1.54, 1.807) is 0 Å². The zero-order valence-corrected chi connectivity index (χ0v) is 27.4. The van der Waals surface area contributed by atoms with Crippen LogP contribution in [0.25, 0.3) is 0 Å². The van der Waals surface area contributed by atoms with Crippen LogP contribution in [0.4, 0.5) is 11.4 Å². The molecule has 14 heteroatoms. The van der Waals surface area contributed by atoms with Crippen LogP contribution in [0.5, 0.6) is 11.5 Å². The minimum absolute atomic E-state index is 0.136. The third-order valence-electron chi connectivity index (χ3n) is 7.92. The highest BCUT2D eigenvalue weighted by Crippen LogP contribution is 2.38. The topological polar surface area (TPSA) is 145 Å². The standard InChI is InChI=1S/C32H42ClN7O6/c1-22(41)40(27-20-28(45-2)26(33)19-29(27)46-3)30(42)21-36-37-25-17-23(31(43)34-8-14-38-10-4-5-11-38)16-24(18-25)32(44)35-9-15-39-12-6-7-13-39/h16-20H,4-15,21H2,1-3H3,(H,34,43)(H,35,44). The number of nitrogens with zero attached hydrogens (tertiary/aromatic N) is 5. The van der Waals surface area contributed by atoms with Gasteiger partial charge in [0.25, 0.3) is 17.7 Å². The van der Waals surface area contributed by atoms with Crippen LogP contribution >= 0.6 is 11.6 Å². The predicted octanol–water partition coefficient (Wildman–Crippen LogP) is 3.67. The Morgan fingerprint density at radius 3 is 1.80 bits per heavy atom. The van der Waals surface area contributed by atoms with Crippen LogP contribution in [0.1, 0.15) is 53.3 Å². The van der Waals surface area contributed by atoms with Crippen LogP contribution in [0.15, 0.2) is 40.6 Å². The molecule has 0 unspecified atom stereocenters. The first-order valence-corrected chi connectivity index (χ1v) is 15.9. The Hall–Kier alpha value is -4.07. The third kappa shape index (κ3) is 9.47. The van der Waals surface area contributed by atoms with Crippen molar-refractivity contribution in [2.45, 2.75) is 32.6 Å². The summed E-state index contributed by atoms with van der Waals surface area (Å²) in [6.07, 6.45) is 4.63. The molecule has 0 bridgehead atoms. The molecule has 0 spiro atoms. The van der Waals surface area contributed by atoms with Crippen molar-refractivity contribution in [2.75, 3.05) is 78.0 Å². The van der Waals surface area contributed by atoms with Crippen molar-refractivity contribution in [3.05, 3.63) is 46.5 Å². The summed E-state index contributed by atoms with van der Waals surface area (Å²) in [5, 5.41) is 14.3. The van der Waals surface area contributed by atoms with Crippen molar-refractivity contribution >= 4 is 46.6 Å². The minimum atomic E-state index is -0.686. The molecule has 2 heterocycles. The molecular weight excluding hydrogens is 614 g/mol. The van der Waals surface area contributed by atoms with E-state index in [-0.39, 0.29) is 50.8 Å². The van der Waals surface area contributed by atoms with E-state index in [0.717, 1.165) is 69.9 Å². The summed E-state index contributed by atoms with van der Waals surface area (Å²) in [5.74, 6) is -1.51. The first kappa shape index (κ1) is 34.8. The monoisotopic (exact) mass is 655 g/mol. The molecule has 0 saturated carbocycles. The van der Waals surface area contributed by atoms with Gasteiger partial charge in [0.2, 0.25) is 5.91 Å². The highest BCUT2D eigenvalue weighted by Gasteiger charge is 2.25. The summed E-state index contributed by atoms with van der Waals surface area (Å²) in [6, 6.07) is 7.42. The zero-order valence-electron chi connectivity index (χ0n) is 26.6. The lowest BCUT2D eigenvalue weighted by Gasteiger charge is -2.21. The number of halogens is 1. The molecular formula is C32H42ClN7O6. The van der Waals surface area contributed by atoms with Crippen molar-refractivity contribution in [1.82, 2.24) is 20.4 Å². The zero-order chi connectivity index (χ0) is 33.1. The van der Waals surface area contributed by atoms with Crippen molar-refractivity contribution in [3.8, 4) is 11.5 Å². The molecule has 0 aliphatic carbocycles. The maximum Gasteiger partial charge on any atom is 0.257 e. The van der Waals surface area contributed by atoms with Gasteiger partial charge in [0, 0.05) is 56.4 Å². The minimum Gasteiger partial charge on any atom is -0.495 e. The summed E-state index contributed by atoms with van der Waals surface area (Å²) < 4.78 is 10.6. The van der Waals surface area contributed by atoms with Gasteiger partial charge in [-0.15, -0.1) is 0 Å². The number of carbonyl (C=O) groups is 4. The molecule has 248 valence electrons. The number of imide groups is 1. The Morgan fingerprint density at radius 1 is 0.804 bits per heavy atom. The van der Waals surface area contributed by atoms with Crippen molar-refractivity contribution in [2.24, 2.45) is 10.2 Å². The van der Waals surface area contributed by atoms with Crippen molar-refractivity contribution < 1.29 is 28.7 Å². The fourth-order valence-corrected chi connectivity index (χ4v) is 5.78. The molecule has 0 radical (unpaired) electrons. The van der Waals surface area contributed by atoms with Crippen LogP contribution in [-0.2, 0) is 9.59 Å². The van der Waals surface area contributed by atoms with Gasteiger partial charge in [-0.1, -0.05) is 11.6 Å².